The van der Waals surface area contributed by atoms with Crippen molar-refractivity contribution < 1.29 is 50.8 Å². The van der Waals surface area contributed by atoms with Crippen LogP contribution in [0.25, 0.3) is 0 Å². The third-order valence-electron chi connectivity index (χ3n) is 7.64. The summed E-state index contributed by atoms with van der Waals surface area (Å²) in [5.74, 6) is -2.22. The summed E-state index contributed by atoms with van der Waals surface area (Å²) in [6.07, 6.45) is -4.97. The van der Waals surface area contributed by atoms with Gasteiger partial charge in [0.15, 0.2) is 11.4 Å². The first-order valence-electron chi connectivity index (χ1n) is 14.0. The van der Waals surface area contributed by atoms with Crippen LogP contribution in [0.1, 0.15) is 50.7 Å². The fourth-order valence-corrected chi connectivity index (χ4v) is 5.75. The van der Waals surface area contributed by atoms with E-state index in [1.54, 1.807) is 38.1 Å². The van der Waals surface area contributed by atoms with Gasteiger partial charge in [-0.3, -0.25) is 4.79 Å². The molecule has 12 heteroatoms. The molecule has 2 heterocycles. The van der Waals surface area contributed by atoms with E-state index in [1.807, 2.05) is 0 Å². The van der Waals surface area contributed by atoms with Crippen LogP contribution in [-0.2, 0) is 41.7 Å². The zero-order valence-electron chi connectivity index (χ0n) is 23.5. The zero-order valence-corrected chi connectivity index (χ0v) is 23.5. The summed E-state index contributed by atoms with van der Waals surface area (Å²) in [5.41, 5.74) is -0.760. The Balaban J connectivity index is 1.38. The lowest BCUT2D eigenvalue weighted by Gasteiger charge is -2.43. The van der Waals surface area contributed by atoms with E-state index in [0.717, 1.165) is 12.8 Å². The quantitative estimate of drug-likeness (QED) is 0.378. The van der Waals surface area contributed by atoms with Crippen molar-refractivity contribution in [2.24, 2.45) is 0 Å². The Hall–Kier alpha value is -2.77. The van der Waals surface area contributed by atoms with Gasteiger partial charge in [0.2, 0.25) is 0 Å². The van der Waals surface area contributed by atoms with Gasteiger partial charge in [-0.15, -0.1) is 13.2 Å². The molecule has 0 radical (unpaired) electrons. The van der Waals surface area contributed by atoms with Gasteiger partial charge in [0, 0.05) is 31.6 Å². The van der Waals surface area contributed by atoms with Crippen LogP contribution in [0, 0.1) is 5.82 Å². The summed E-state index contributed by atoms with van der Waals surface area (Å²) in [6, 6.07) is 11.6. The Morgan fingerprint density at radius 1 is 1.07 bits per heavy atom. The second-order valence-corrected chi connectivity index (χ2v) is 11.3. The summed E-state index contributed by atoms with van der Waals surface area (Å²) < 4.78 is 87.3. The lowest BCUT2D eigenvalue weighted by molar-refractivity contribution is -0.274. The molecular weight excluding hydrogens is 562 g/mol. The smallest absolute Gasteiger partial charge is 0.406 e. The molecule has 0 spiro atoms. The van der Waals surface area contributed by atoms with Crippen molar-refractivity contribution in [2.45, 2.75) is 94.9 Å². The molecule has 2 aromatic rings. The monoisotopic (exact) mass is 597 g/mol. The number of ether oxygens (including phenoxy) is 6. The van der Waals surface area contributed by atoms with Crippen molar-refractivity contribution in [1.29, 1.82) is 0 Å². The molecule has 5 rings (SSSR count). The van der Waals surface area contributed by atoms with Crippen LogP contribution in [0.2, 0.25) is 0 Å². The lowest BCUT2D eigenvalue weighted by Crippen LogP contribution is -2.60. The molecule has 5 atom stereocenters. The highest BCUT2D eigenvalue weighted by Gasteiger charge is 2.58. The van der Waals surface area contributed by atoms with E-state index in [1.165, 1.54) is 24.3 Å². The van der Waals surface area contributed by atoms with Crippen molar-refractivity contribution in [1.82, 2.24) is 5.32 Å². The first kappa shape index (κ1) is 30.7. The fourth-order valence-electron chi connectivity index (χ4n) is 5.75. The molecule has 1 aliphatic carbocycles. The maximum atomic E-state index is 14.5. The number of hydrogen-bond acceptors (Lipinski definition) is 7. The number of alkyl halides is 3. The van der Waals surface area contributed by atoms with Gasteiger partial charge >= 0.3 is 6.36 Å². The maximum Gasteiger partial charge on any atom is 0.573 e. The van der Waals surface area contributed by atoms with Crippen LogP contribution in [0.5, 0.6) is 5.75 Å². The van der Waals surface area contributed by atoms with Crippen molar-refractivity contribution in [2.75, 3.05) is 13.2 Å². The molecule has 1 N–H and O–H groups in total. The molecule has 2 aliphatic heterocycles. The first-order chi connectivity index (χ1) is 19.9. The molecule has 0 unspecified atom stereocenters. The Bertz CT molecular complexity index is 1240. The molecule has 0 bridgehead atoms. The van der Waals surface area contributed by atoms with Gasteiger partial charge in [0.1, 0.15) is 17.7 Å². The predicted molar refractivity (Wildman–Crippen MR) is 141 cm³/mol. The second-order valence-electron chi connectivity index (χ2n) is 11.3. The minimum atomic E-state index is -4.83. The van der Waals surface area contributed by atoms with Crippen LogP contribution < -0.4 is 10.1 Å². The number of halogens is 4. The van der Waals surface area contributed by atoms with E-state index in [9.17, 15) is 22.4 Å². The summed E-state index contributed by atoms with van der Waals surface area (Å²) >= 11 is 0. The van der Waals surface area contributed by atoms with Gasteiger partial charge in [-0.25, -0.2) is 4.39 Å². The second kappa shape index (κ2) is 12.5. The standard InChI is InChI=1S/C30H35F4NO7/c1-28(2)41-25-15-29(27(36)35-16-22-10-6-12-37-22,39-18-20-8-3-4-11-23(20)31)14-24(26(25)42-28)38-17-19-7-5-9-21(13-19)40-30(32,33)34/h3-5,7-9,11,13,22,24-26H,6,10,12,14-18H2,1-2H3,(H,35,36)/t22-,24+,25-,26+,29-/m1/s1. The Morgan fingerprint density at radius 2 is 1.88 bits per heavy atom. The van der Waals surface area contributed by atoms with Crippen LogP contribution in [0.4, 0.5) is 17.6 Å². The molecule has 2 saturated heterocycles. The Morgan fingerprint density at radius 3 is 2.62 bits per heavy atom. The molecule has 1 saturated carbocycles. The number of fused-ring (bicyclic) bond motifs is 1. The number of hydrogen-bond donors (Lipinski definition) is 1. The highest BCUT2D eigenvalue weighted by molar-refractivity contribution is 5.85. The normalized spacial score (nSPS) is 28.8. The summed E-state index contributed by atoms with van der Waals surface area (Å²) in [5, 5.41) is 2.95. The van der Waals surface area contributed by atoms with E-state index in [4.69, 9.17) is 23.7 Å². The summed E-state index contributed by atoms with van der Waals surface area (Å²) in [4.78, 5) is 13.9. The first-order valence-corrected chi connectivity index (χ1v) is 14.0. The van der Waals surface area contributed by atoms with Crippen molar-refractivity contribution in [3.8, 4) is 5.75 Å². The van der Waals surface area contributed by atoms with Crippen LogP contribution in [-0.4, -0.2) is 61.2 Å². The number of carbonyl (C=O) groups excluding carboxylic acids is 1. The average Bonchev–Trinajstić information content (AvgIpc) is 3.55. The van der Waals surface area contributed by atoms with Crippen molar-refractivity contribution in [3.63, 3.8) is 0 Å². The van der Waals surface area contributed by atoms with Gasteiger partial charge in [0.05, 0.1) is 31.5 Å². The fraction of sp³-hybridized carbons (Fsp3) is 0.567. The summed E-state index contributed by atoms with van der Waals surface area (Å²) in [6.45, 7) is 4.15. The van der Waals surface area contributed by atoms with Crippen LogP contribution in [0.15, 0.2) is 48.5 Å². The van der Waals surface area contributed by atoms with E-state index in [-0.39, 0.29) is 50.0 Å². The molecule has 3 aliphatic rings. The number of amides is 1. The molecule has 8 nitrogen and oxygen atoms in total. The predicted octanol–water partition coefficient (Wildman–Crippen LogP) is 5.17. The van der Waals surface area contributed by atoms with Gasteiger partial charge in [-0.2, -0.15) is 0 Å². The van der Waals surface area contributed by atoms with E-state index in [2.05, 4.69) is 10.1 Å². The molecule has 2 aromatic carbocycles. The van der Waals surface area contributed by atoms with Gasteiger partial charge in [-0.1, -0.05) is 30.3 Å². The highest BCUT2D eigenvalue weighted by atomic mass is 19.4. The molecule has 0 aromatic heterocycles. The minimum Gasteiger partial charge on any atom is -0.406 e. The topological polar surface area (TPSA) is 84.5 Å². The summed E-state index contributed by atoms with van der Waals surface area (Å²) in [7, 11) is 0. The molecule has 1 amide bonds. The Kier molecular flexibility index (Phi) is 9.10. The molecule has 3 fully saturated rings. The number of benzene rings is 2. The lowest BCUT2D eigenvalue weighted by atomic mass is 9.78. The minimum absolute atomic E-state index is 0.0398. The number of nitrogens with one attached hydrogen (secondary N) is 1. The Labute approximate surface area is 241 Å². The van der Waals surface area contributed by atoms with E-state index >= 15 is 0 Å². The largest absolute Gasteiger partial charge is 0.573 e. The third-order valence-corrected chi connectivity index (χ3v) is 7.64. The molecule has 42 heavy (non-hydrogen) atoms. The zero-order chi connectivity index (χ0) is 30.0. The van der Waals surface area contributed by atoms with E-state index in [0.29, 0.717) is 12.2 Å². The third kappa shape index (κ3) is 7.59. The van der Waals surface area contributed by atoms with Crippen LogP contribution in [0.3, 0.4) is 0 Å². The van der Waals surface area contributed by atoms with Gasteiger partial charge in [0.25, 0.3) is 5.91 Å². The number of rotatable bonds is 10. The van der Waals surface area contributed by atoms with Crippen molar-refractivity contribution in [3.05, 3.63) is 65.5 Å². The van der Waals surface area contributed by atoms with E-state index < -0.39 is 47.8 Å². The maximum absolute atomic E-state index is 14.5. The van der Waals surface area contributed by atoms with Crippen LogP contribution >= 0.6 is 0 Å². The SMILES string of the molecule is CC1(C)O[C@H]2[C@@H](OCc3cccc(OC(F)(F)F)c3)C[C@](OCc3ccccc3F)(C(=O)NC[C@H]3CCCO3)C[C@H]2O1. The molecular formula is C30H35F4NO7. The highest BCUT2D eigenvalue weighted by Crippen LogP contribution is 2.44. The average molecular weight is 598 g/mol. The number of carbonyl (C=O) groups is 1. The molecule has 230 valence electrons. The van der Waals surface area contributed by atoms with Gasteiger partial charge in [-0.05, 0) is 50.5 Å². The van der Waals surface area contributed by atoms with Crippen molar-refractivity contribution >= 4 is 5.91 Å². The van der Waals surface area contributed by atoms with Gasteiger partial charge < -0.3 is 33.7 Å².